The smallest absolute Gasteiger partial charge is 0.243 e. The fraction of sp³-hybridized carbons (Fsp3) is 0.692. The van der Waals surface area contributed by atoms with Crippen LogP contribution in [0, 0.1) is 0 Å². The fourth-order valence-corrected chi connectivity index (χ4v) is 1.34. The van der Waals surface area contributed by atoms with Crippen molar-refractivity contribution in [3.05, 3.63) is 0 Å². The molecule has 4 amide bonds. The summed E-state index contributed by atoms with van der Waals surface area (Å²) >= 11 is 0. The lowest BCUT2D eigenvalue weighted by Crippen LogP contribution is -2.51. The Morgan fingerprint density at radius 2 is 1.10 bits per heavy atom. The predicted molar refractivity (Wildman–Crippen MR) is 76.9 cm³/mol. The molecule has 0 radical (unpaired) electrons. The average Bonchev–Trinajstić information content (AvgIpc) is 2.46. The van der Waals surface area contributed by atoms with E-state index in [0.717, 1.165) is 0 Å². The molecule has 0 fully saturated rings. The Labute approximate surface area is 124 Å². The first kappa shape index (κ1) is 18.9. The molecule has 0 aromatic rings. The molecule has 8 heteroatoms. The summed E-state index contributed by atoms with van der Waals surface area (Å²) < 4.78 is 0. The van der Waals surface area contributed by atoms with E-state index in [1.54, 1.807) is 27.7 Å². The van der Waals surface area contributed by atoms with Crippen LogP contribution in [0.1, 0.15) is 40.5 Å². The highest BCUT2D eigenvalue weighted by atomic mass is 16.2. The van der Waals surface area contributed by atoms with E-state index < -0.39 is 23.9 Å². The molecular formula is C13H24N4O4. The third-order valence-corrected chi connectivity index (χ3v) is 2.71. The van der Waals surface area contributed by atoms with E-state index in [1.165, 1.54) is 0 Å². The van der Waals surface area contributed by atoms with Crippen molar-refractivity contribution in [3.63, 3.8) is 0 Å². The van der Waals surface area contributed by atoms with E-state index >= 15 is 0 Å². The van der Waals surface area contributed by atoms with Gasteiger partial charge in [0.1, 0.15) is 12.1 Å². The van der Waals surface area contributed by atoms with Gasteiger partial charge >= 0.3 is 0 Å². The van der Waals surface area contributed by atoms with Crippen LogP contribution in [0.15, 0.2) is 0 Å². The van der Waals surface area contributed by atoms with Crippen molar-refractivity contribution >= 4 is 23.6 Å². The Balaban J connectivity index is 4.02. The van der Waals surface area contributed by atoms with Gasteiger partial charge in [-0.25, -0.2) is 0 Å². The number of rotatable bonds is 8. The predicted octanol–water partition coefficient (Wildman–Crippen LogP) is -0.994. The maximum Gasteiger partial charge on any atom is 0.243 e. The number of amides is 4. The highest BCUT2D eigenvalue weighted by molar-refractivity contribution is 5.89. The van der Waals surface area contributed by atoms with Gasteiger partial charge in [-0.3, -0.25) is 19.2 Å². The number of nitrogens with one attached hydrogen (secondary N) is 4. The Morgan fingerprint density at radius 1 is 0.762 bits per heavy atom. The van der Waals surface area contributed by atoms with Gasteiger partial charge in [0.25, 0.3) is 0 Å². The maximum atomic E-state index is 11.6. The van der Waals surface area contributed by atoms with Crippen molar-refractivity contribution in [2.24, 2.45) is 0 Å². The van der Waals surface area contributed by atoms with Gasteiger partial charge in [-0.15, -0.1) is 0 Å². The molecule has 0 aromatic carbocycles. The van der Waals surface area contributed by atoms with Crippen molar-refractivity contribution in [1.82, 2.24) is 21.3 Å². The third-order valence-electron chi connectivity index (χ3n) is 2.71. The largest absolute Gasteiger partial charge is 0.345 e. The van der Waals surface area contributed by atoms with E-state index in [-0.39, 0.29) is 18.5 Å². The minimum absolute atomic E-state index is 0.0731. The molecule has 8 nitrogen and oxygen atoms in total. The van der Waals surface area contributed by atoms with E-state index in [2.05, 4.69) is 21.3 Å². The zero-order chi connectivity index (χ0) is 16.4. The molecule has 0 aliphatic rings. The first-order valence-electron chi connectivity index (χ1n) is 6.95. The minimum atomic E-state index is -0.674. The lowest BCUT2D eigenvalue weighted by atomic mass is 10.3. The first-order chi connectivity index (χ1) is 9.81. The monoisotopic (exact) mass is 300 g/mol. The number of hydrogen-bond acceptors (Lipinski definition) is 4. The van der Waals surface area contributed by atoms with Gasteiger partial charge in [0.05, 0.1) is 6.67 Å². The summed E-state index contributed by atoms with van der Waals surface area (Å²) in [5.74, 6) is -1.25. The van der Waals surface area contributed by atoms with Gasteiger partial charge in [0.2, 0.25) is 23.6 Å². The van der Waals surface area contributed by atoms with Crippen molar-refractivity contribution in [2.45, 2.75) is 52.6 Å². The van der Waals surface area contributed by atoms with Crippen molar-refractivity contribution < 1.29 is 19.2 Å². The van der Waals surface area contributed by atoms with E-state index in [4.69, 9.17) is 0 Å². The second kappa shape index (κ2) is 9.73. The number of carbonyl (C=O) groups excluding carboxylic acids is 4. The van der Waals surface area contributed by atoms with Crippen LogP contribution in [0.25, 0.3) is 0 Å². The molecule has 0 saturated heterocycles. The summed E-state index contributed by atoms with van der Waals surface area (Å²) in [4.78, 5) is 45.5. The van der Waals surface area contributed by atoms with Crippen LogP contribution in [-0.4, -0.2) is 42.4 Å². The summed E-state index contributed by atoms with van der Waals surface area (Å²) in [6.45, 7) is 6.40. The van der Waals surface area contributed by atoms with Crippen LogP contribution >= 0.6 is 0 Å². The highest BCUT2D eigenvalue weighted by Gasteiger charge is 2.16. The van der Waals surface area contributed by atoms with Gasteiger partial charge in [0.15, 0.2) is 0 Å². The summed E-state index contributed by atoms with van der Waals surface area (Å²) in [5, 5.41) is 9.94. The lowest BCUT2D eigenvalue weighted by molar-refractivity contribution is -0.130. The van der Waals surface area contributed by atoms with Crippen LogP contribution in [0.3, 0.4) is 0 Å². The molecule has 120 valence electrons. The quantitative estimate of drug-likeness (QED) is 0.430. The van der Waals surface area contributed by atoms with Crippen LogP contribution in [0.5, 0.6) is 0 Å². The normalized spacial score (nSPS) is 12.8. The second-order valence-corrected chi connectivity index (χ2v) is 4.54. The Bertz CT molecular complexity index is 362. The second-order valence-electron chi connectivity index (χ2n) is 4.54. The molecule has 0 aliphatic heterocycles. The van der Waals surface area contributed by atoms with Crippen LogP contribution in [0.4, 0.5) is 0 Å². The molecule has 2 atom stereocenters. The molecule has 0 aromatic heterocycles. The molecule has 0 saturated carbocycles. The molecule has 0 heterocycles. The number of hydrogen-bond donors (Lipinski definition) is 4. The molecule has 4 N–H and O–H groups in total. The van der Waals surface area contributed by atoms with Crippen LogP contribution < -0.4 is 21.3 Å². The Hall–Kier alpha value is -2.12. The van der Waals surface area contributed by atoms with Crippen LogP contribution in [0.2, 0.25) is 0 Å². The molecule has 0 spiro atoms. The fourth-order valence-electron chi connectivity index (χ4n) is 1.34. The molecule has 21 heavy (non-hydrogen) atoms. The van der Waals surface area contributed by atoms with Gasteiger partial charge in [-0.2, -0.15) is 0 Å². The Morgan fingerprint density at radius 3 is 1.38 bits per heavy atom. The molecule has 0 aliphatic carbocycles. The molecular weight excluding hydrogens is 276 g/mol. The zero-order valence-electron chi connectivity index (χ0n) is 12.9. The lowest BCUT2D eigenvalue weighted by Gasteiger charge is -2.16. The van der Waals surface area contributed by atoms with Gasteiger partial charge in [-0.1, -0.05) is 13.8 Å². The SMILES string of the molecule is CCC(=O)NC(C)C(=O)NCNC(=O)C(C)NC(=O)CC. The van der Waals surface area contributed by atoms with Crippen LogP contribution in [-0.2, 0) is 19.2 Å². The number of carbonyl (C=O) groups is 4. The Kier molecular flexibility index (Phi) is 8.75. The van der Waals surface area contributed by atoms with Crippen molar-refractivity contribution in [1.29, 1.82) is 0 Å². The summed E-state index contributed by atoms with van der Waals surface area (Å²) in [5.41, 5.74) is 0. The minimum Gasteiger partial charge on any atom is -0.345 e. The third kappa shape index (κ3) is 7.91. The summed E-state index contributed by atoms with van der Waals surface area (Å²) in [6, 6.07) is -1.35. The zero-order valence-corrected chi connectivity index (χ0v) is 12.9. The van der Waals surface area contributed by atoms with Gasteiger partial charge in [0, 0.05) is 12.8 Å². The van der Waals surface area contributed by atoms with Gasteiger partial charge < -0.3 is 21.3 Å². The van der Waals surface area contributed by atoms with Crippen molar-refractivity contribution in [3.8, 4) is 0 Å². The van der Waals surface area contributed by atoms with E-state index in [0.29, 0.717) is 12.8 Å². The molecule has 0 bridgehead atoms. The highest BCUT2D eigenvalue weighted by Crippen LogP contribution is 1.86. The summed E-state index contributed by atoms with van der Waals surface area (Å²) in [6.07, 6.45) is 0.589. The molecule has 0 rings (SSSR count). The topological polar surface area (TPSA) is 116 Å². The van der Waals surface area contributed by atoms with E-state index in [9.17, 15) is 19.2 Å². The van der Waals surface area contributed by atoms with Gasteiger partial charge in [-0.05, 0) is 13.8 Å². The van der Waals surface area contributed by atoms with E-state index in [1.807, 2.05) is 0 Å². The van der Waals surface area contributed by atoms with Crippen molar-refractivity contribution in [2.75, 3.05) is 6.67 Å². The first-order valence-corrected chi connectivity index (χ1v) is 6.95. The standard InChI is InChI=1S/C13H24N4O4/c1-5-10(18)16-8(3)12(20)14-7-15-13(21)9(4)17-11(19)6-2/h8-9H,5-7H2,1-4H3,(H,14,20)(H,15,21)(H,16,18)(H,17,19). The average molecular weight is 300 g/mol. The molecule has 2 unspecified atom stereocenters. The summed E-state index contributed by atoms with van der Waals surface area (Å²) in [7, 11) is 0. The maximum absolute atomic E-state index is 11.6.